The Hall–Kier alpha value is -2.40. The van der Waals surface area contributed by atoms with Crippen LogP contribution in [0.4, 0.5) is 0 Å². The number of aryl methyl sites for hydroxylation is 1. The Kier molecular flexibility index (Phi) is 4.53. The van der Waals surface area contributed by atoms with Crippen molar-refractivity contribution in [2.24, 2.45) is 0 Å². The van der Waals surface area contributed by atoms with Crippen LogP contribution in [0.1, 0.15) is 44.6 Å². The Morgan fingerprint density at radius 3 is 2.71 bits per heavy atom. The minimum absolute atomic E-state index is 0.00230. The fourth-order valence-electron chi connectivity index (χ4n) is 3.35. The number of H-pyrrole nitrogens is 1. The SMILES string of the molecule is CC(=O)c1c(C)[nH]c(C(=O)CN2CCOc3ccccc3C2)c1C. The second kappa shape index (κ2) is 6.61. The third kappa shape index (κ3) is 3.12. The molecule has 1 aromatic heterocycles. The van der Waals surface area contributed by atoms with E-state index in [4.69, 9.17) is 4.74 Å². The van der Waals surface area contributed by atoms with Gasteiger partial charge in [0.25, 0.3) is 0 Å². The summed E-state index contributed by atoms with van der Waals surface area (Å²) >= 11 is 0. The summed E-state index contributed by atoms with van der Waals surface area (Å²) < 4.78 is 5.74. The molecule has 1 aromatic carbocycles. The van der Waals surface area contributed by atoms with Crippen LogP contribution in [0.2, 0.25) is 0 Å². The molecule has 1 N–H and O–H groups in total. The van der Waals surface area contributed by atoms with E-state index in [0.717, 1.165) is 22.6 Å². The summed E-state index contributed by atoms with van der Waals surface area (Å²) in [6.45, 7) is 7.42. The lowest BCUT2D eigenvalue weighted by Gasteiger charge is -2.18. The normalized spacial score (nSPS) is 14.6. The molecule has 2 heterocycles. The largest absolute Gasteiger partial charge is 0.492 e. The van der Waals surface area contributed by atoms with Crippen molar-refractivity contribution >= 4 is 11.6 Å². The highest BCUT2D eigenvalue weighted by Gasteiger charge is 2.23. The topological polar surface area (TPSA) is 62.4 Å². The molecule has 0 atom stereocenters. The van der Waals surface area contributed by atoms with E-state index in [1.54, 1.807) is 0 Å². The molecule has 5 nitrogen and oxygen atoms in total. The Morgan fingerprint density at radius 1 is 1.25 bits per heavy atom. The standard InChI is InChI=1S/C19H22N2O3/c1-12-18(14(3)22)13(2)20-19(12)16(23)11-21-8-9-24-17-7-5-4-6-15(17)10-21/h4-7,20H,8-11H2,1-3H3. The van der Waals surface area contributed by atoms with Crippen LogP contribution in [0.3, 0.4) is 0 Å². The molecule has 0 bridgehead atoms. The molecule has 1 aliphatic rings. The Bertz CT molecular complexity index is 792. The second-order valence-electron chi connectivity index (χ2n) is 6.27. The van der Waals surface area contributed by atoms with Crippen molar-refractivity contribution in [1.82, 2.24) is 9.88 Å². The number of ketones is 2. The van der Waals surface area contributed by atoms with Crippen LogP contribution in [0, 0.1) is 13.8 Å². The number of benzene rings is 1. The van der Waals surface area contributed by atoms with Gasteiger partial charge in [-0.1, -0.05) is 18.2 Å². The van der Waals surface area contributed by atoms with Gasteiger partial charge in [0.05, 0.1) is 12.2 Å². The highest BCUT2D eigenvalue weighted by atomic mass is 16.5. The quantitative estimate of drug-likeness (QED) is 0.878. The van der Waals surface area contributed by atoms with Crippen LogP contribution in [0.25, 0.3) is 0 Å². The zero-order valence-corrected chi connectivity index (χ0v) is 14.3. The van der Waals surface area contributed by atoms with Crippen LogP contribution < -0.4 is 4.74 Å². The van der Waals surface area contributed by atoms with Gasteiger partial charge < -0.3 is 9.72 Å². The smallest absolute Gasteiger partial charge is 0.193 e. The van der Waals surface area contributed by atoms with Crippen LogP contribution in [-0.2, 0) is 6.54 Å². The van der Waals surface area contributed by atoms with Crippen molar-refractivity contribution in [3.05, 3.63) is 52.3 Å². The first-order valence-corrected chi connectivity index (χ1v) is 8.13. The van der Waals surface area contributed by atoms with Crippen molar-refractivity contribution in [2.75, 3.05) is 19.7 Å². The maximum Gasteiger partial charge on any atom is 0.193 e. The van der Waals surface area contributed by atoms with Crippen molar-refractivity contribution in [3.63, 3.8) is 0 Å². The predicted octanol–water partition coefficient (Wildman–Crippen LogP) is 2.91. The van der Waals surface area contributed by atoms with E-state index in [1.165, 1.54) is 6.92 Å². The molecule has 0 spiro atoms. The van der Waals surface area contributed by atoms with Crippen LogP contribution >= 0.6 is 0 Å². The fourth-order valence-corrected chi connectivity index (χ4v) is 3.35. The highest BCUT2D eigenvalue weighted by molar-refractivity contribution is 6.03. The minimum Gasteiger partial charge on any atom is -0.492 e. The van der Waals surface area contributed by atoms with Gasteiger partial charge in [0, 0.05) is 29.9 Å². The van der Waals surface area contributed by atoms with Crippen LogP contribution in [0.5, 0.6) is 5.75 Å². The third-order valence-electron chi connectivity index (χ3n) is 4.47. The number of fused-ring (bicyclic) bond motifs is 1. The van der Waals surface area contributed by atoms with Crippen LogP contribution in [0.15, 0.2) is 24.3 Å². The van der Waals surface area contributed by atoms with Gasteiger partial charge >= 0.3 is 0 Å². The molecule has 1 aliphatic heterocycles. The molecule has 0 amide bonds. The molecule has 126 valence electrons. The second-order valence-corrected chi connectivity index (χ2v) is 6.27. The van der Waals surface area contributed by atoms with Gasteiger partial charge in [0.15, 0.2) is 11.6 Å². The zero-order valence-electron chi connectivity index (χ0n) is 14.3. The van der Waals surface area contributed by atoms with Gasteiger partial charge in [-0.25, -0.2) is 0 Å². The Labute approximate surface area is 141 Å². The molecule has 0 radical (unpaired) electrons. The maximum absolute atomic E-state index is 12.7. The molecule has 0 unspecified atom stereocenters. The molecule has 0 saturated carbocycles. The van der Waals surface area contributed by atoms with Gasteiger partial charge in [0.2, 0.25) is 0 Å². The number of hydrogen-bond acceptors (Lipinski definition) is 4. The zero-order chi connectivity index (χ0) is 17.3. The number of aromatic nitrogens is 1. The van der Waals surface area contributed by atoms with E-state index in [0.29, 0.717) is 37.5 Å². The highest BCUT2D eigenvalue weighted by Crippen LogP contribution is 2.23. The van der Waals surface area contributed by atoms with Gasteiger partial charge in [-0.15, -0.1) is 0 Å². The molecular formula is C19H22N2O3. The van der Waals surface area contributed by atoms with E-state index < -0.39 is 0 Å². The summed E-state index contributed by atoms with van der Waals surface area (Å²) in [7, 11) is 0. The summed E-state index contributed by atoms with van der Waals surface area (Å²) in [6.07, 6.45) is 0. The lowest BCUT2D eigenvalue weighted by molar-refractivity contribution is 0.0916. The first-order chi connectivity index (χ1) is 11.5. The van der Waals surface area contributed by atoms with Crippen molar-refractivity contribution in [3.8, 4) is 5.75 Å². The molecule has 2 aromatic rings. The van der Waals surface area contributed by atoms with Crippen molar-refractivity contribution in [2.45, 2.75) is 27.3 Å². The number of ether oxygens (including phenoxy) is 1. The monoisotopic (exact) mass is 326 g/mol. The van der Waals surface area contributed by atoms with Crippen molar-refractivity contribution in [1.29, 1.82) is 0 Å². The first-order valence-electron chi connectivity index (χ1n) is 8.13. The summed E-state index contributed by atoms with van der Waals surface area (Å²) in [4.78, 5) is 29.6. The predicted molar refractivity (Wildman–Crippen MR) is 91.8 cm³/mol. The summed E-state index contributed by atoms with van der Waals surface area (Å²) in [5.74, 6) is 0.873. The van der Waals surface area contributed by atoms with Gasteiger partial charge in [-0.2, -0.15) is 0 Å². The van der Waals surface area contributed by atoms with Gasteiger partial charge in [-0.3, -0.25) is 14.5 Å². The Morgan fingerprint density at radius 2 is 2.00 bits per heavy atom. The maximum atomic E-state index is 12.7. The summed E-state index contributed by atoms with van der Waals surface area (Å²) in [5, 5.41) is 0. The molecule has 0 saturated heterocycles. The fraction of sp³-hybridized carbons (Fsp3) is 0.368. The number of aromatic amines is 1. The summed E-state index contributed by atoms with van der Waals surface area (Å²) in [6, 6.07) is 7.91. The number of hydrogen-bond donors (Lipinski definition) is 1. The van der Waals surface area contributed by atoms with Crippen LogP contribution in [-0.4, -0.2) is 41.1 Å². The van der Waals surface area contributed by atoms with Crippen molar-refractivity contribution < 1.29 is 14.3 Å². The average molecular weight is 326 g/mol. The number of nitrogens with one attached hydrogen (secondary N) is 1. The number of rotatable bonds is 4. The lowest BCUT2D eigenvalue weighted by Crippen LogP contribution is -2.31. The number of carbonyl (C=O) groups is 2. The molecule has 0 fully saturated rings. The molecule has 3 rings (SSSR count). The first kappa shape index (κ1) is 16.5. The number of Topliss-reactive ketones (excluding diaryl/α,β-unsaturated/α-hetero) is 2. The van der Waals surface area contributed by atoms with E-state index >= 15 is 0 Å². The van der Waals surface area contributed by atoms with E-state index in [9.17, 15) is 9.59 Å². The van der Waals surface area contributed by atoms with E-state index in [2.05, 4.69) is 9.88 Å². The van der Waals surface area contributed by atoms with E-state index in [1.807, 2.05) is 38.1 Å². The number of nitrogens with zero attached hydrogens (tertiary/aromatic N) is 1. The number of para-hydroxylation sites is 1. The average Bonchev–Trinajstić information content (AvgIpc) is 2.71. The lowest BCUT2D eigenvalue weighted by atomic mass is 10.1. The Balaban J connectivity index is 1.78. The molecule has 0 aliphatic carbocycles. The van der Waals surface area contributed by atoms with Gasteiger partial charge in [-0.05, 0) is 32.4 Å². The molecular weight excluding hydrogens is 304 g/mol. The number of carbonyl (C=O) groups excluding carboxylic acids is 2. The van der Waals surface area contributed by atoms with Gasteiger partial charge in [0.1, 0.15) is 12.4 Å². The van der Waals surface area contributed by atoms with E-state index in [-0.39, 0.29) is 11.6 Å². The summed E-state index contributed by atoms with van der Waals surface area (Å²) in [5.41, 5.74) is 3.76. The molecule has 24 heavy (non-hydrogen) atoms. The molecule has 5 heteroatoms. The minimum atomic E-state index is -0.0163. The third-order valence-corrected chi connectivity index (χ3v) is 4.47.